The molecular weight excluding hydrogens is 288 g/mol. The number of hydrogen-bond acceptors (Lipinski definition) is 6. The maximum absolute atomic E-state index is 12.6. The van der Waals surface area contributed by atoms with E-state index in [2.05, 4.69) is 20.4 Å². The minimum Gasteiger partial charge on any atom is -0.265 e. The lowest BCUT2D eigenvalue weighted by atomic mass is 9.93. The second-order valence-corrected chi connectivity index (χ2v) is 6.53. The first-order chi connectivity index (χ1) is 9.97. The average molecular weight is 302 g/mol. The third kappa shape index (κ3) is 2.49. The van der Waals surface area contributed by atoms with Crippen LogP contribution in [0.4, 0.5) is 0 Å². The van der Waals surface area contributed by atoms with Crippen molar-refractivity contribution in [2.75, 3.05) is 0 Å². The molecule has 0 spiro atoms. The number of rotatable bonds is 2. The van der Waals surface area contributed by atoms with Gasteiger partial charge in [-0.1, -0.05) is 26.8 Å². The van der Waals surface area contributed by atoms with Crippen LogP contribution >= 0.6 is 11.3 Å². The van der Waals surface area contributed by atoms with E-state index in [9.17, 15) is 4.79 Å². The number of fused-ring (bicyclic) bond motifs is 1. The molecule has 0 fully saturated rings. The largest absolute Gasteiger partial charge is 0.298 e. The van der Waals surface area contributed by atoms with E-state index in [1.54, 1.807) is 17.6 Å². The van der Waals surface area contributed by atoms with E-state index < -0.39 is 5.41 Å². The number of thiophene rings is 1. The van der Waals surface area contributed by atoms with E-state index in [0.717, 1.165) is 4.88 Å². The third-order valence-electron chi connectivity index (χ3n) is 2.86. The molecule has 8 heteroatoms. The maximum atomic E-state index is 12.6. The van der Waals surface area contributed by atoms with Crippen LogP contribution in [0.3, 0.4) is 0 Å². The summed E-state index contributed by atoms with van der Waals surface area (Å²) in [6.07, 6.45) is 3.09. The normalized spacial score (nSPS) is 12.5. The van der Waals surface area contributed by atoms with Crippen molar-refractivity contribution < 1.29 is 0 Å². The maximum Gasteiger partial charge on any atom is 0.298 e. The standard InChI is InChI=1S/C13H14N6OS/c1-13(2,3)10-11(20)19(12-16-14-8-18(12)17-10)15-7-9-5-4-6-21-9/h4-8H,1-3H3. The molecule has 0 aliphatic rings. The van der Waals surface area contributed by atoms with Gasteiger partial charge in [0, 0.05) is 10.3 Å². The van der Waals surface area contributed by atoms with Crippen molar-refractivity contribution in [3.05, 3.63) is 44.8 Å². The highest BCUT2D eigenvalue weighted by Crippen LogP contribution is 2.16. The molecule has 0 saturated heterocycles. The summed E-state index contributed by atoms with van der Waals surface area (Å²) in [4.78, 5) is 13.5. The zero-order chi connectivity index (χ0) is 15.0. The third-order valence-corrected chi connectivity index (χ3v) is 3.67. The van der Waals surface area contributed by atoms with E-state index in [0.29, 0.717) is 11.5 Å². The van der Waals surface area contributed by atoms with Crippen molar-refractivity contribution in [2.45, 2.75) is 26.2 Å². The Morgan fingerprint density at radius 3 is 2.86 bits per heavy atom. The minimum atomic E-state index is -0.393. The molecule has 3 rings (SSSR count). The first kappa shape index (κ1) is 13.6. The highest BCUT2D eigenvalue weighted by Gasteiger charge is 2.23. The molecule has 3 aromatic heterocycles. The molecule has 0 saturated carbocycles. The second-order valence-electron chi connectivity index (χ2n) is 5.55. The Labute approximate surface area is 124 Å². The Bertz CT molecular complexity index is 853. The van der Waals surface area contributed by atoms with Crippen LogP contribution in [-0.2, 0) is 5.41 Å². The summed E-state index contributed by atoms with van der Waals surface area (Å²) in [5.41, 5.74) is -0.260. The number of nitrogens with zero attached hydrogens (tertiary/aromatic N) is 6. The molecule has 0 atom stereocenters. The van der Waals surface area contributed by atoms with Crippen LogP contribution in [0.2, 0.25) is 0 Å². The fraction of sp³-hybridized carbons (Fsp3) is 0.308. The second kappa shape index (κ2) is 4.88. The zero-order valence-corrected chi connectivity index (χ0v) is 12.7. The van der Waals surface area contributed by atoms with E-state index in [-0.39, 0.29) is 5.56 Å². The molecule has 3 aromatic rings. The Morgan fingerprint density at radius 1 is 1.38 bits per heavy atom. The van der Waals surface area contributed by atoms with E-state index in [1.165, 1.54) is 15.5 Å². The van der Waals surface area contributed by atoms with Crippen molar-refractivity contribution >= 4 is 23.3 Å². The predicted molar refractivity (Wildman–Crippen MR) is 81.1 cm³/mol. The molecule has 0 bridgehead atoms. The SMILES string of the molecule is CC(C)(C)c1nn2cnnc2n(N=Cc2cccs2)c1=O. The monoisotopic (exact) mass is 302 g/mol. The van der Waals surface area contributed by atoms with E-state index >= 15 is 0 Å². The van der Waals surface area contributed by atoms with Gasteiger partial charge in [0.15, 0.2) is 0 Å². The van der Waals surface area contributed by atoms with Crippen molar-refractivity contribution in [1.82, 2.24) is 24.5 Å². The lowest BCUT2D eigenvalue weighted by Gasteiger charge is -2.16. The van der Waals surface area contributed by atoms with Gasteiger partial charge in [-0.3, -0.25) is 4.79 Å². The van der Waals surface area contributed by atoms with Gasteiger partial charge in [-0.25, -0.2) is 0 Å². The summed E-state index contributed by atoms with van der Waals surface area (Å²) in [5, 5.41) is 18.2. The van der Waals surface area contributed by atoms with Gasteiger partial charge in [0.1, 0.15) is 12.0 Å². The number of hydrogen-bond donors (Lipinski definition) is 0. The Kier molecular flexibility index (Phi) is 3.17. The van der Waals surface area contributed by atoms with Crippen LogP contribution in [0.25, 0.3) is 5.78 Å². The van der Waals surface area contributed by atoms with Crippen LogP contribution in [0, 0.1) is 0 Å². The highest BCUT2D eigenvalue weighted by atomic mass is 32.1. The van der Waals surface area contributed by atoms with Gasteiger partial charge in [-0.05, 0) is 11.4 Å². The van der Waals surface area contributed by atoms with Crippen molar-refractivity contribution in [1.29, 1.82) is 0 Å². The van der Waals surface area contributed by atoms with Crippen LogP contribution < -0.4 is 5.56 Å². The first-order valence-corrected chi connectivity index (χ1v) is 7.26. The molecule has 7 nitrogen and oxygen atoms in total. The van der Waals surface area contributed by atoms with Crippen LogP contribution in [-0.4, -0.2) is 30.7 Å². The Balaban J connectivity index is 2.22. The fourth-order valence-corrected chi connectivity index (χ4v) is 2.41. The van der Waals surface area contributed by atoms with Crippen LogP contribution in [0.5, 0.6) is 0 Å². The van der Waals surface area contributed by atoms with Gasteiger partial charge in [0.05, 0.1) is 6.21 Å². The molecular formula is C13H14N6OS. The lowest BCUT2D eigenvalue weighted by Crippen LogP contribution is -2.32. The smallest absolute Gasteiger partial charge is 0.265 e. The summed E-state index contributed by atoms with van der Waals surface area (Å²) in [6.45, 7) is 5.79. The molecule has 0 N–H and O–H groups in total. The van der Waals surface area contributed by atoms with E-state index in [4.69, 9.17) is 0 Å². The van der Waals surface area contributed by atoms with Gasteiger partial charge in [-0.2, -0.15) is 19.4 Å². The zero-order valence-electron chi connectivity index (χ0n) is 11.9. The summed E-state index contributed by atoms with van der Waals surface area (Å²) < 4.78 is 2.70. The van der Waals surface area contributed by atoms with Gasteiger partial charge in [-0.15, -0.1) is 21.5 Å². The molecule has 0 radical (unpaired) electrons. The summed E-state index contributed by atoms with van der Waals surface area (Å²) >= 11 is 1.54. The summed E-state index contributed by atoms with van der Waals surface area (Å²) in [7, 11) is 0. The first-order valence-electron chi connectivity index (χ1n) is 6.38. The number of aromatic nitrogens is 5. The highest BCUT2D eigenvalue weighted by molar-refractivity contribution is 7.11. The molecule has 0 aromatic carbocycles. The van der Waals surface area contributed by atoms with Crippen LogP contribution in [0.1, 0.15) is 31.3 Å². The van der Waals surface area contributed by atoms with Gasteiger partial charge in [0.25, 0.3) is 11.3 Å². The topological polar surface area (TPSA) is 77.4 Å². The fourth-order valence-electron chi connectivity index (χ4n) is 1.83. The van der Waals surface area contributed by atoms with E-state index in [1.807, 2.05) is 38.3 Å². The molecule has 3 heterocycles. The predicted octanol–water partition coefficient (Wildman–Crippen LogP) is 1.53. The lowest BCUT2D eigenvalue weighted by molar-refractivity contribution is 0.529. The molecule has 0 amide bonds. The van der Waals surface area contributed by atoms with Crippen molar-refractivity contribution in [3.8, 4) is 0 Å². The summed E-state index contributed by atoms with van der Waals surface area (Å²) in [5.74, 6) is 0.292. The van der Waals surface area contributed by atoms with Crippen molar-refractivity contribution in [2.24, 2.45) is 5.10 Å². The summed E-state index contributed by atoms with van der Waals surface area (Å²) in [6, 6.07) is 3.85. The average Bonchev–Trinajstić information content (AvgIpc) is 3.06. The Hall–Kier alpha value is -2.35. The molecule has 0 unspecified atom stereocenters. The van der Waals surface area contributed by atoms with Crippen LogP contribution in [0.15, 0.2) is 33.7 Å². The molecule has 0 aliphatic heterocycles. The molecule has 21 heavy (non-hydrogen) atoms. The van der Waals surface area contributed by atoms with Crippen molar-refractivity contribution in [3.63, 3.8) is 0 Å². The van der Waals surface area contributed by atoms with Gasteiger partial charge < -0.3 is 0 Å². The Morgan fingerprint density at radius 2 is 2.19 bits per heavy atom. The van der Waals surface area contributed by atoms with Gasteiger partial charge in [0.2, 0.25) is 0 Å². The quantitative estimate of drug-likeness (QED) is 0.673. The molecule has 108 valence electrons. The molecule has 0 aliphatic carbocycles. The van der Waals surface area contributed by atoms with Gasteiger partial charge >= 0.3 is 0 Å². The minimum absolute atomic E-state index is 0.282.